The fraction of sp³-hybridized carbons (Fsp3) is 0.0345. The number of aromatic hydroxyl groups is 1. The Bertz CT molecular complexity index is 2140. The smallest absolute Gasteiger partial charge is 0.265 e. The van der Waals surface area contributed by atoms with Crippen molar-refractivity contribution in [2.45, 2.75) is 9.79 Å². The molecule has 4 aromatic carbocycles. The van der Waals surface area contributed by atoms with Gasteiger partial charge in [0.15, 0.2) is 0 Å². The number of fused-ring (bicyclic) bond motifs is 1. The summed E-state index contributed by atoms with van der Waals surface area (Å²) in [5, 5.41) is 17.2. The maximum Gasteiger partial charge on any atom is 0.265 e. The van der Waals surface area contributed by atoms with Gasteiger partial charge in [0.1, 0.15) is 5.75 Å². The van der Waals surface area contributed by atoms with Crippen LogP contribution in [0.2, 0.25) is 0 Å². The molecule has 0 unspecified atom stereocenters. The van der Waals surface area contributed by atoms with Crippen molar-refractivity contribution >= 4 is 48.4 Å². The number of rotatable bonds is 8. The molecule has 13 heteroatoms. The Labute approximate surface area is 241 Å². The molecule has 0 fully saturated rings. The number of anilines is 1. The average Bonchev–Trinajstić information content (AvgIpc) is 2.97. The molecule has 0 atom stereocenters. The molecule has 11 nitrogen and oxygen atoms in total. The molecular formula is C29H24N4O7S2. The summed E-state index contributed by atoms with van der Waals surface area (Å²) in [5.41, 5.74) is 0.0896. The normalized spacial score (nSPS) is 12.0. The highest BCUT2D eigenvalue weighted by Gasteiger charge is 2.20. The van der Waals surface area contributed by atoms with Crippen molar-refractivity contribution in [3.63, 3.8) is 0 Å². The third kappa shape index (κ3) is 5.61. The molecule has 1 aromatic heterocycles. The zero-order valence-electron chi connectivity index (χ0n) is 22.0. The van der Waals surface area contributed by atoms with E-state index in [0.717, 1.165) is 4.57 Å². The number of nitrogens with zero attached hydrogens (tertiary/aromatic N) is 2. The van der Waals surface area contributed by atoms with E-state index in [2.05, 4.69) is 9.71 Å². The Hall–Kier alpha value is -4.98. The molecule has 0 spiro atoms. The summed E-state index contributed by atoms with van der Waals surface area (Å²) >= 11 is 0. The molecule has 5 aromatic rings. The van der Waals surface area contributed by atoms with Crippen LogP contribution in [0.3, 0.4) is 0 Å². The van der Waals surface area contributed by atoms with Crippen LogP contribution in [-0.4, -0.2) is 39.8 Å². The molecule has 0 aliphatic heterocycles. The summed E-state index contributed by atoms with van der Waals surface area (Å²) in [7, 11) is -6.68. The quantitative estimate of drug-likeness (QED) is 0.226. The maximum atomic E-state index is 13.6. The van der Waals surface area contributed by atoms with Crippen molar-refractivity contribution < 1.29 is 26.7 Å². The van der Waals surface area contributed by atoms with E-state index < -0.39 is 31.5 Å². The fourth-order valence-electron chi connectivity index (χ4n) is 4.33. The molecule has 0 radical (unpaired) electrons. The predicted molar refractivity (Wildman–Crippen MR) is 160 cm³/mol. The van der Waals surface area contributed by atoms with E-state index in [0.29, 0.717) is 11.1 Å². The first-order chi connectivity index (χ1) is 20.0. The van der Waals surface area contributed by atoms with Gasteiger partial charge in [0.25, 0.3) is 15.6 Å². The molecule has 4 N–H and O–H groups in total. The van der Waals surface area contributed by atoms with Gasteiger partial charge >= 0.3 is 0 Å². The van der Waals surface area contributed by atoms with E-state index in [9.17, 15) is 26.7 Å². The Morgan fingerprint density at radius 3 is 2.26 bits per heavy atom. The minimum Gasteiger partial charge on any atom is -0.495 e. The average molecular weight is 605 g/mol. The largest absolute Gasteiger partial charge is 0.495 e. The third-order valence-electron chi connectivity index (χ3n) is 6.33. The van der Waals surface area contributed by atoms with Gasteiger partial charge in [0.2, 0.25) is 15.9 Å². The standard InChI is InChI=1S/C29H24N4O7S2/c1-40-27-15-5-4-14-26(27)32-42(38,39)22-11-7-9-20(17-22)33-28(34)24-13-3-2-12-23(24)25(29(33)35)18-31-19-8-6-10-21(16-19)41(30,36)37/h2-18,32,35H,1H3,(H2,30,36,37). The molecular weight excluding hydrogens is 580 g/mol. The number of primary sulfonamides is 1. The van der Waals surface area contributed by atoms with Crippen LogP contribution in [-0.2, 0) is 20.0 Å². The third-order valence-corrected chi connectivity index (χ3v) is 8.60. The minimum atomic E-state index is -4.13. The van der Waals surface area contributed by atoms with Crippen molar-refractivity contribution in [2.24, 2.45) is 10.1 Å². The van der Waals surface area contributed by atoms with E-state index >= 15 is 0 Å². The van der Waals surface area contributed by atoms with Crippen molar-refractivity contribution in [2.75, 3.05) is 11.8 Å². The number of aliphatic imine (C=N–C) groups is 1. The molecule has 5 rings (SSSR count). The lowest BCUT2D eigenvalue weighted by Gasteiger charge is -2.15. The number of nitrogens with two attached hydrogens (primary N) is 1. The molecule has 0 bridgehead atoms. The SMILES string of the molecule is COc1ccccc1NS(=O)(=O)c1cccc(-n2c(O)c(C=Nc3cccc(S(N)(=O)=O)c3)c3ccccc3c2=O)c1. The first kappa shape index (κ1) is 28.5. The lowest BCUT2D eigenvalue weighted by atomic mass is 10.1. The van der Waals surface area contributed by atoms with Crippen LogP contribution < -0.4 is 20.2 Å². The number of sulfonamides is 2. The zero-order chi connectivity index (χ0) is 30.1. The van der Waals surface area contributed by atoms with Crippen LogP contribution in [0.4, 0.5) is 11.4 Å². The number of aromatic nitrogens is 1. The zero-order valence-corrected chi connectivity index (χ0v) is 23.6. The lowest BCUT2D eigenvalue weighted by molar-refractivity contribution is 0.417. The van der Waals surface area contributed by atoms with Crippen molar-refractivity contribution in [3.8, 4) is 17.3 Å². The van der Waals surface area contributed by atoms with Crippen LogP contribution in [0.1, 0.15) is 5.56 Å². The van der Waals surface area contributed by atoms with Gasteiger partial charge in [0, 0.05) is 17.0 Å². The summed E-state index contributed by atoms with van der Waals surface area (Å²) in [6.07, 6.45) is 1.29. The molecule has 0 aliphatic carbocycles. The number of pyridine rings is 1. The Morgan fingerprint density at radius 2 is 1.52 bits per heavy atom. The highest BCUT2D eigenvalue weighted by Crippen LogP contribution is 2.30. The summed E-state index contributed by atoms with van der Waals surface area (Å²) in [6, 6.07) is 24.2. The van der Waals surface area contributed by atoms with E-state index in [1.54, 1.807) is 54.6 Å². The van der Waals surface area contributed by atoms with Gasteiger partial charge < -0.3 is 9.84 Å². The van der Waals surface area contributed by atoms with Gasteiger partial charge in [-0.05, 0) is 54.6 Å². The molecule has 1 heterocycles. The van der Waals surface area contributed by atoms with E-state index in [1.165, 1.54) is 55.8 Å². The van der Waals surface area contributed by atoms with E-state index in [1.807, 2.05) is 0 Å². The van der Waals surface area contributed by atoms with Crippen LogP contribution in [0, 0.1) is 0 Å². The number of hydrogen-bond acceptors (Lipinski definition) is 8. The minimum absolute atomic E-state index is 0.0806. The fourth-order valence-corrected chi connectivity index (χ4v) is 5.99. The van der Waals surface area contributed by atoms with Gasteiger partial charge in [-0.3, -0.25) is 14.5 Å². The van der Waals surface area contributed by atoms with E-state index in [4.69, 9.17) is 9.88 Å². The van der Waals surface area contributed by atoms with Crippen LogP contribution >= 0.6 is 0 Å². The molecule has 0 amide bonds. The van der Waals surface area contributed by atoms with E-state index in [-0.39, 0.29) is 37.8 Å². The Morgan fingerprint density at radius 1 is 0.857 bits per heavy atom. The van der Waals surface area contributed by atoms with Crippen molar-refractivity contribution in [1.82, 2.24) is 4.57 Å². The monoisotopic (exact) mass is 604 g/mol. The van der Waals surface area contributed by atoms with Crippen LogP contribution in [0.5, 0.6) is 11.6 Å². The maximum absolute atomic E-state index is 13.6. The summed E-state index contributed by atoms with van der Waals surface area (Å²) in [6.45, 7) is 0. The first-order valence-electron chi connectivity index (χ1n) is 12.3. The number of nitrogens with one attached hydrogen (secondary N) is 1. The van der Waals surface area contributed by atoms with Gasteiger partial charge in [-0.1, -0.05) is 42.5 Å². The second-order valence-corrected chi connectivity index (χ2v) is 12.3. The van der Waals surface area contributed by atoms with Gasteiger partial charge in [-0.15, -0.1) is 0 Å². The molecule has 0 saturated carbocycles. The van der Waals surface area contributed by atoms with Crippen molar-refractivity contribution in [1.29, 1.82) is 0 Å². The second kappa shape index (κ2) is 11.1. The Balaban J connectivity index is 1.63. The topological polar surface area (TPSA) is 170 Å². The highest BCUT2D eigenvalue weighted by atomic mass is 32.2. The first-order valence-corrected chi connectivity index (χ1v) is 15.3. The summed E-state index contributed by atoms with van der Waals surface area (Å²) < 4.78 is 58.7. The number of para-hydroxylation sites is 2. The summed E-state index contributed by atoms with van der Waals surface area (Å²) in [4.78, 5) is 17.6. The number of ether oxygens (including phenoxy) is 1. The highest BCUT2D eigenvalue weighted by molar-refractivity contribution is 7.92. The van der Waals surface area contributed by atoms with Crippen LogP contribution in [0.25, 0.3) is 16.5 Å². The molecule has 214 valence electrons. The Kier molecular flexibility index (Phi) is 7.56. The lowest BCUT2D eigenvalue weighted by Crippen LogP contribution is -2.21. The molecule has 0 saturated heterocycles. The van der Waals surface area contributed by atoms with Crippen LogP contribution in [0.15, 0.2) is 117 Å². The molecule has 0 aliphatic rings. The van der Waals surface area contributed by atoms with Gasteiger partial charge in [-0.25, -0.2) is 26.5 Å². The van der Waals surface area contributed by atoms with Crippen molar-refractivity contribution in [3.05, 3.63) is 113 Å². The summed E-state index contributed by atoms with van der Waals surface area (Å²) in [5.74, 6) is -0.184. The number of methoxy groups -OCH3 is 1. The predicted octanol–water partition coefficient (Wildman–Crippen LogP) is 3.90. The van der Waals surface area contributed by atoms with Gasteiger partial charge in [0.05, 0.1) is 39.5 Å². The molecule has 42 heavy (non-hydrogen) atoms. The number of hydrogen-bond donors (Lipinski definition) is 3. The number of benzene rings is 4. The second-order valence-electron chi connectivity index (χ2n) is 9.03. The van der Waals surface area contributed by atoms with Gasteiger partial charge in [-0.2, -0.15) is 0 Å².